The molecule has 0 aliphatic rings. The van der Waals surface area contributed by atoms with Crippen molar-refractivity contribution in [3.63, 3.8) is 0 Å². The molecule has 0 saturated carbocycles. The summed E-state index contributed by atoms with van der Waals surface area (Å²) in [4.78, 5) is 14.1. The van der Waals surface area contributed by atoms with E-state index in [1.165, 1.54) is 0 Å². The van der Waals surface area contributed by atoms with Gasteiger partial charge in [-0.05, 0) is 38.1 Å². The lowest BCUT2D eigenvalue weighted by atomic mass is 10.2. The number of methoxy groups -OCH3 is 1. The second kappa shape index (κ2) is 9.19. The third-order valence-corrected chi connectivity index (χ3v) is 3.50. The van der Waals surface area contributed by atoms with E-state index in [2.05, 4.69) is 5.32 Å². The van der Waals surface area contributed by atoms with Gasteiger partial charge in [0.1, 0.15) is 5.75 Å². The van der Waals surface area contributed by atoms with Crippen molar-refractivity contribution in [1.29, 1.82) is 0 Å². The summed E-state index contributed by atoms with van der Waals surface area (Å²) >= 11 is 0. The Morgan fingerprint density at radius 3 is 2.48 bits per heavy atom. The summed E-state index contributed by atoms with van der Waals surface area (Å²) in [5.74, 6) is 0.999. The van der Waals surface area contributed by atoms with Crippen LogP contribution in [0.2, 0.25) is 0 Å². The SMILES string of the molecule is CC[C@@H](NC)C(=O)N(CC)C/C=C/c1ccc(OC)cc1. The van der Waals surface area contributed by atoms with E-state index in [-0.39, 0.29) is 11.9 Å². The van der Waals surface area contributed by atoms with E-state index in [0.29, 0.717) is 13.1 Å². The molecule has 1 aromatic rings. The molecular formula is C17H26N2O2. The van der Waals surface area contributed by atoms with Crippen LogP contribution < -0.4 is 10.1 Å². The molecule has 1 N–H and O–H groups in total. The van der Waals surface area contributed by atoms with Crippen LogP contribution in [0.25, 0.3) is 6.08 Å². The molecule has 1 rings (SSSR count). The largest absolute Gasteiger partial charge is 0.497 e. The second-order valence-electron chi connectivity index (χ2n) is 4.80. The quantitative estimate of drug-likeness (QED) is 0.800. The number of ether oxygens (including phenoxy) is 1. The number of nitrogens with one attached hydrogen (secondary N) is 1. The summed E-state index contributed by atoms with van der Waals surface area (Å²) in [6.07, 6.45) is 4.84. The maximum absolute atomic E-state index is 12.3. The monoisotopic (exact) mass is 290 g/mol. The molecule has 4 heteroatoms. The zero-order valence-electron chi connectivity index (χ0n) is 13.4. The maximum atomic E-state index is 12.3. The minimum absolute atomic E-state index is 0.0978. The van der Waals surface area contributed by atoms with Crippen LogP contribution in [0, 0.1) is 0 Å². The van der Waals surface area contributed by atoms with E-state index >= 15 is 0 Å². The standard InChI is InChI=1S/C17H26N2O2/c1-5-16(18-3)17(20)19(6-2)13-7-8-14-9-11-15(21-4)12-10-14/h7-12,16,18H,5-6,13H2,1-4H3/b8-7+/t16-/m1/s1. The van der Waals surface area contributed by atoms with Crippen LogP contribution in [0.15, 0.2) is 30.3 Å². The fraction of sp³-hybridized carbons (Fsp3) is 0.471. The predicted molar refractivity (Wildman–Crippen MR) is 87.4 cm³/mol. The number of hydrogen-bond donors (Lipinski definition) is 1. The van der Waals surface area contributed by atoms with Gasteiger partial charge in [-0.2, -0.15) is 0 Å². The molecule has 0 radical (unpaired) electrons. The molecule has 1 amide bonds. The van der Waals surface area contributed by atoms with Crippen molar-refractivity contribution in [3.8, 4) is 5.75 Å². The molecule has 0 aliphatic heterocycles. The van der Waals surface area contributed by atoms with Crippen molar-refractivity contribution in [2.45, 2.75) is 26.3 Å². The lowest BCUT2D eigenvalue weighted by molar-refractivity contribution is -0.132. The van der Waals surface area contributed by atoms with Gasteiger partial charge < -0.3 is 15.0 Å². The van der Waals surface area contributed by atoms with E-state index in [4.69, 9.17) is 4.74 Å². The molecule has 0 spiro atoms. The fourth-order valence-corrected chi connectivity index (χ4v) is 2.13. The van der Waals surface area contributed by atoms with Crippen LogP contribution in [0.1, 0.15) is 25.8 Å². The number of hydrogen-bond acceptors (Lipinski definition) is 3. The second-order valence-corrected chi connectivity index (χ2v) is 4.80. The highest BCUT2D eigenvalue weighted by molar-refractivity contribution is 5.82. The molecule has 0 fully saturated rings. The predicted octanol–water partition coefficient (Wildman–Crippen LogP) is 2.55. The number of likely N-dealkylation sites (N-methyl/N-ethyl adjacent to an activating group) is 2. The highest BCUT2D eigenvalue weighted by atomic mass is 16.5. The number of nitrogens with zero attached hydrogens (tertiary/aromatic N) is 1. The number of amides is 1. The summed E-state index contributed by atoms with van der Waals surface area (Å²) in [5, 5.41) is 3.06. The number of rotatable bonds is 8. The van der Waals surface area contributed by atoms with E-state index in [9.17, 15) is 4.79 Å². The highest BCUT2D eigenvalue weighted by Gasteiger charge is 2.18. The Balaban J connectivity index is 2.61. The zero-order valence-corrected chi connectivity index (χ0v) is 13.4. The topological polar surface area (TPSA) is 41.6 Å². The fourth-order valence-electron chi connectivity index (χ4n) is 2.13. The molecule has 4 nitrogen and oxygen atoms in total. The molecule has 0 saturated heterocycles. The van der Waals surface area contributed by atoms with Crippen molar-refractivity contribution < 1.29 is 9.53 Å². The number of carbonyl (C=O) groups excluding carboxylic acids is 1. The first-order chi connectivity index (χ1) is 10.2. The van der Waals surface area contributed by atoms with Crippen molar-refractivity contribution >= 4 is 12.0 Å². The first kappa shape index (κ1) is 17.2. The van der Waals surface area contributed by atoms with Gasteiger partial charge in [-0.25, -0.2) is 0 Å². The molecule has 0 aromatic heterocycles. The Labute approximate surface area is 127 Å². The molecule has 0 heterocycles. The van der Waals surface area contributed by atoms with Gasteiger partial charge in [-0.1, -0.05) is 31.2 Å². The molecule has 0 unspecified atom stereocenters. The Bertz CT molecular complexity index is 450. The summed E-state index contributed by atoms with van der Waals surface area (Å²) in [7, 11) is 3.48. The van der Waals surface area contributed by atoms with Gasteiger partial charge in [0.05, 0.1) is 13.2 Å². The van der Waals surface area contributed by atoms with Gasteiger partial charge in [0.2, 0.25) is 5.91 Å². The molecule has 116 valence electrons. The van der Waals surface area contributed by atoms with E-state index in [1.807, 2.05) is 62.2 Å². The van der Waals surface area contributed by atoms with Gasteiger partial charge in [0, 0.05) is 13.1 Å². The first-order valence-corrected chi connectivity index (χ1v) is 7.42. The van der Waals surface area contributed by atoms with Gasteiger partial charge in [-0.15, -0.1) is 0 Å². The minimum atomic E-state index is -0.0978. The summed E-state index contributed by atoms with van der Waals surface area (Å²) < 4.78 is 5.13. The normalized spacial score (nSPS) is 12.4. The molecule has 1 atom stereocenters. The Hall–Kier alpha value is -1.81. The van der Waals surface area contributed by atoms with E-state index < -0.39 is 0 Å². The van der Waals surface area contributed by atoms with Gasteiger partial charge in [-0.3, -0.25) is 4.79 Å². The van der Waals surface area contributed by atoms with Crippen LogP contribution in [-0.2, 0) is 4.79 Å². The lowest BCUT2D eigenvalue weighted by Gasteiger charge is -2.24. The minimum Gasteiger partial charge on any atom is -0.497 e. The van der Waals surface area contributed by atoms with Gasteiger partial charge in [0.15, 0.2) is 0 Å². The van der Waals surface area contributed by atoms with Crippen LogP contribution in [-0.4, -0.2) is 44.1 Å². The lowest BCUT2D eigenvalue weighted by Crippen LogP contribution is -2.44. The molecular weight excluding hydrogens is 264 g/mol. The first-order valence-electron chi connectivity index (χ1n) is 7.42. The molecule has 1 aromatic carbocycles. The smallest absolute Gasteiger partial charge is 0.239 e. The van der Waals surface area contributed by atoms with E-state index in [0.717, 1.165) is 17.7 Å². The van der Waals surface area contributed by atoms with Crippen LogP contribution in [0.5, 0.6) is 5.75 Å². The van der Waals surface area contributed by atoms with Crippen molar-refractivity contribution in [2.24, 2.45) is 0 Å². The van der Waals surface area contributed by atoms with E-state index in [1.54, 1.807) is 7.11 Å². The Morgan fingerprint density at radius 2 is 2.00 bits per heavy atom. The molecule has 0 bridgehead atoms. The third kappa shape index (κ3) is 5.23. The van der Waals surface area contributed by atoms with Crippen molar-refractivity contribution in [3.05, 3.63) is 35.9 Å². The Morgan fingerprint density at radius 1 is 1.33 bits per heavy atom. The van der Waals surface area contributed by atoms with Crippen molar-refractivity contribution in [2.75, 3.05) is 27.2 Å². The summed E-state index contributed by atoms with van der Waals surface area (Å²) in [6, 6.07) is 7.75. The van der Waals surface area contributed by atoms with Crippen LogP contribution >= 0.6 is 0 Å². The van der Waals surface area contributed by atoms with Crippen LogP contribution in [0.3, 0.4) is 0 Å². The van der Waals surface area contributed by atoms with Gasteiger partial charge >= 0.3 is 0 Å². The maximum Gasteiger partial charge on any atom is 0.239 e. The average molecular weight is 290 g/mol. The summed E-state index contributed by atoms with van der Waals surface area (Å²) in [5.41, 5.74) is 1.10. The number of carbonyl (C=O) groups is 1. The third-order valence-electron chi connectivity index (χ3n) is 3.50. The molecule has 0 aliphatic carbocycles. The number of benzene rings is 1. The summed E-state index contributed by atoms with van der Waals surface area (Å²) in [6.45, 7) is 5.35. The van der Waals surface area contributed by atoms with Gasteiger partial charge in [0.25, 0.3) is 0 Å². The zero-order chi connectivity index (χ0) is 15.7. The Kier molecular flexibility index (Phi) is 7.54. The van der Waals surface area contributed by atoms with Crippen molar-refractivity contribution in [1.82, 2.24) is 10.2 Å². The van der Waals surface area contributed by atoms with Crippen LogP contribution in [0.4, 0.5) is 0 Å². The highest BCUT2D eigenvalue weighted by Crippen LogP contribution is 2.12. The molecule has 21 heavy (non-hydrogen) atoms. The average Bonchev–Trinajstić information content (AvgIpc) is 2.53.